The minimum atomic E-state index is -3.04. The Morgan fingerprint density at radius 3 is 2.27 bits per heavy atom. The number of hydrogen-bond acceptors (Lipinski definition) is 5. The van der Waals surface area contributed by atoms with Crippen LogP contribution in [-0.4, -0.2) is 70.2 Å². The molecule has 6 nitrogen and oxygen atoms in total. The summed E-state index contributed by atoms with van der Waals surface area (Å²) >= 11 is 0. The number of rotatable bonds is 3. The van der Waals surface area contributed by atoms with Crippen LogP contribution in [0.4, 0.5) is 0 Å². The van der Waals surface area contributed by atoms with Crippen molar-refractivity contribution in [2.75, 3.05) is 46.0 Å². The molecule has 0 bridgehead atoms. The molecule has 0 spiro atoms. The molecule has 1 fully saturated rings. The number of benzene rings is 1. The molecule has 0 aromatic heterocycles. The number of hydrogen-bond donors (Lipinski definition) is 1. The van der Waals surface area contributed by atoms with E-state index in [0.717, 1.165) is 39.0 Å². The molecule has 2 N–H and O–H groups in total. The molecular weight excluding hydrogens is 350 g/mol. The maximum Gasteiger partial charge on any atom is 0.223 e. The normalized spacial score (nSPS) is 17.9. The van der Waals surface area contributed by atoms with Crippen LogP contribution in [0.1, 0.15) is 30.4 Å². The minimum Gasteiger partial charge on any atom is -0.340 e. The minimum absolute atomic E-state index is 0.200. The number of carbonyl (C=O) groups is 1. The lowest BCUT2D eigenvalue weighted by molar-refractivity contribution is -0.132. The van der Waals surface area contributed by atoms with Crippen molar-refractivity contribution in [3.8, 4) is 0 Å². The highest BCUT2D eigenvalue weighted by molar-refractivity contribution is 7.90. The third-order valence-electron chi connectivity index (χ3n) is 4.96. The van der Waals surface area contributed by atoms with E-state index in [9.17, 15) is 13.2 Å². The van der Waals surface area contributed by atoms with E-state index in [0.29, 0.717) is 17.9 Å². The first-order valence-electron chi connectivity index (χ1n) is 9.29. The second kappa shape index (κ2) is 9.48. The average molecular weight is 382 g/mol. The van der Waals surface area contributed by atoms with E-state index in [1.807, 2.05) is 17.0 Å². The number of piperazine rings is 1. The number of carbonyl (C=O) groups excluding carboxylic acids is 1. The predicted octanol–water partition coefficient (Wildman–Crippen LogP) is 1.08. The Labute approximate surface area is 157 Å². The van der Waals surface area contributed by atoms with Gasteiger partial charge in [0.15, 0.2) is 9.84 Å². The Kier molecular flexibility index (Phi) is 7.61. The first-order valence-corrected chi connectivity index (χ1v) is 11.2. The molecule has 1 heterocycles. The molecule has 7 heteroatoms. The first-order chi connectivity index (χ1) is 12.3. The lowest BCUT2D eigenvalue weighted by atomic mass is 9.92. The number of fused-ring (bicyclic) bond motifs is 1. The quantitative estimate of drug-likeness (QED) is 0.847. The van der Waals surface area contributed by atoms with Gasteiger partial charge in [0, 0.05) is 45.4 Å². The van der Waals surface area contributed by atoms with Gasteiger partial charge < -0.3 is 15.5 Å². The lowest BCUT2D eigenvalue weighted by Crippen LogP contribution is -2.47. The van der Waals surface area contributed by atoms with E-state index >= 15 is 0 Å². The third-order valence-corrected chi connectivity index (χ3v) is 6.07. The van der Waals surface area contributed by atoms with Gasteiger partial charge >= 0.3 is 0 Å². The van der Waals surface area contributed by atoms with Gasteiger partial charge in [-0.1, -0.05) is 6.07 Å². The molecule has 0 atom stereocenters. The van der Waals surface area contributed by atoms with Crippen molar-refractivity contribution in [1.82, 2.24) is 9.80 Å². The van der Waals surface area contributed by atoms with Gasteiger partial charge in [-0.25, -0.2) is 8.42 Å². The molecule has 1 amide bonds. The van der Waals surface area contributed by atoms with Crippen molar-refractivity contribution in [3.05, 3.63) is 29.3 Å². The predicted molar refractivity (Wildman–Crippen MR) is 104 cm³/mol. The molecule has 1 aliphatic heterocycles. The average Bonchev–Trinajstić information content (AvgIpc) is 2.62. The zero-order valence-corrected chi connectivity index (χ0v) is 16.7. The van der Waals surface area contributed by atoms with Gasteiger partial charge in [-0.3, -0.25) is 4.79 Å². The number of sulfone groups is 1. The summed E-state index contributed by atoms with van der Waals surface area (Å²) in [6, 6.07) is 5.52. The van der Waals surface area contributed by atoms with Crippen molar-refractivity contribution in [2.45, 2.75) is 37.0 Å². The smallest absolute Gasteiger partial charge is 0.223 e. The Morgan fingerprint density at radius 1 is 1.08 bits per heavy atom. The Hall–Kier alpha value is -1.44. The van der Waals surface area contributed by atoms with Gasteiger partial charge in [0.25, 0.3) is 0 Å². The van der Waals surface area contributed by atoms with Crippen LogP contribution in [0.2, 0.25) is 0 Å². The van der Waals surface area contributed by atoms with Crippen molar-refractivity contribution < 1.29 is 13.2 Å². The van der Waals surface area contributed by atoms with E-state index in [1.165, 1.54) is 30.2 Å². The third kappa shape index (κ3) is 6.07. The van der Waals surface area contributed by atoms with Crippen LogP contribution in [0, 0.1) is 0 Å². The van der Waals surface area contributed by atoms with Crippen molar-refractivity contribution >= 4 is 15.7 Å². The van der Waals surface area contributed by atoms with Gasteiger partial charge in [0.2, 0.25) is 5.91 Å². The first kappa shape index (κ1) is 20.9. The molecule has 26 heavy (non-hydrogen) atoms. The summed E-state index contributed by atoms with van der Waals surface area (Å²) in [4.78, 5) is 15.9. The van der Waals surface area contributed by atoms with Crippen LogP contribution in [0.5, 0.6) is 0 Å². The largest absolute Gasteiger partial charge is 0.340 e. The highest BCUT2D eigenvalue weighted by atomic mass is 32.2. The SMILES string of the molecule is CN1CCN(C(=O)CCN)CC1.CS(=O)(=O)c1ccc2c(c1)CCCC2. The van der Waals surface area contributed by atoms with Gasteiger partial charge in [-0.15, -0.1) is 0 Å². The summed E-state index contributed by atoms with van der Waals surface area (Å²) in [5.41, 5.74) is 7.85. The fraction of sp³-hybridized carbons (Fsp3) is 0.632. The van der Waals surface area contributed by atoms with Crippen LogP contribution in [-0.2, 0) is 27.5 Å². The van der Waals surface area contributed by atoms with Gasteiger partial charge in [0.1, 0.15) is 0 Å². The van der Waals surface area contributed by atoms with Gasteiger partial charge in [0.05, 0.1) is 4.90 Å². The number of aryl methyl sites for hydroxylation is 2. The van der Waals surface area contributed by atoms with Crippen molar-refractivity contribution in [1.29, 1.82) is 0 Å². The zero-order valence-electron chi connectivity index (χ0n) is 15.9. The second-order valence-electron chi connectivity index (χ2n) is 7.13. The van der Waals surface area contributed by atoms with Crippen molar-refractivity contribution in [3.63, 3.8) is 0 Å². The van der Waals surface area contributed by atoms with Crippen molar-refractivity contribution in [2.24, 2.45) is 5.73 Å². The number of likely N-dealkylation sites (N-methyl/N-ethyl adjacent to an activating group) is 1. The summed E-state index contributed by atoms with van der Waals surface area (Å²) in [5, 5.41) is 0. The molecule has 0 saturated carbocycles. The molecule has 146 valence electrons. The summed E-state index contributed by atoms with van der Waals surface area (Å²) in [5.74, 6) is 0.200. The molecule has 1 saturated heterocycles. The fourth-order valence-corrected chi connectivity index (χ4v) is 3.95. The monoisotopic (exact) mass is 381 g/mol. The highest BCUT2D eigenvalue weighted by Crippen LogP contribution is 2.23. The van der Waals surface area contributed by atoms with Gasteiger partial charge in [-0.05, 0) is 56.0 Å². The van der Waals surface area contributed by atoms with Crippen LogP contribution in [0.15, 0.2) is 23.1 Å². The molecular formula is C19H31N3O3S. The van der Waals surface area contributed by atoms with E-state index in [2.05, 4.69) is 11.9 Å². The summed E-state index contributed by atoms with van der Waals surface area (Å²) in [6.07, 6.45) is 6.28. The number of amides is 1. The highest BCUT2D eigenvalue weighted by Gasteiger charge is 2.17. The van der Waals surface area contributed by atoms with Gasteiger partial charge in [-0.2, -0.15) is 0 Å². The van der Waals surface area contributed by atoms with Crippen LogP contribution in [0.3, 0.4) is 0 Å². The summed E-state index contributed by atoms with van der Waals surface area (Å²) in [7, 11) is -0.962. The molecule has 0 radical (unpaired) electrons. The second-order valence-corrected chi connectivity index (χ2v) is 9.15. The topological polar surface area (TPSA) is 83.7 Å². The number of nitrogens with two attached hydrogens (primary N) is 1. The van der Waals surface area contributed by atoms with E-state index in [4.69, 9.17) is 5.73 Å². The van der Waals surface area contributed by atoms with Crippen LogP contribution in [0.25, 0.3) is 0 Å². The molecule has 1 aliphatic carbocycles. The fourth-order valence-electron chi connectivity index (χ4n) is 3.28. The standard InChI is InChI=1S/C11H14O2S.C8H17N3O/c1-14(12,13)11-7-6-9-4-2-3-5-10(9)8-11;1-10-4-6-11(7-5-10)8(12)2-3-9/h6-8H,2-5H2,1H3;2-7,9H2,1H3. The van der Waals surface area contributed by atoms with E-state index < -0.39 is 9.84 Å². The maximum atomic E-state index is 11.3. The molecule has 1 aromatic rings. The molecule has 0 unspecified atom stereocenters. The lowest BCUT2D eigenvalue weighted by Gasteiger charge is -2.32. The van der Waals surface area contributed by atoms with E-state index in [1.54, 1.807) is 6.07 Å². The summed E-state index contributed by atoms with van der Waals surface area (Å²) < 4.78 is 22.6. The molecule has 3 rings (SSSR count). The zero-order chi connectivity index (χ0) is 19.2. The van der Waals surface area contributed by atoms with Crippen LogP contribution >= 0.6 is 0 Å². The summed E-state index contributed by atoms with van der Waals surface area (Å²) in [6.45, 7) is 4.14. The van der Waals surface area contributed by atoms with Crippen LogP contribution < -0.4 is 5.73 Å². The Morgan fingerprint density at radius 2 is 1.69 bits per heavy atom. The molecule has 2 aliphatic rings. The molecule has 1 aromatic carbocycles. The van der Waals surface area contributed by atoms with E-state index in [-0.39, 0.29) is 5.91 Å². The maximum absolute atomic E-state index is 11.3. The number of nitrogens with zero attached hydrogens (tertiary/aromatic N) is 2. The Balaban J connectivity index is 0.000000190. The Bertz CT molecular complexity index is 711.